The highest BCUT2D eigenvalue weighted by atomic mass is 16.5. The van der Waals surface area contributed by atoms with Crippen LogP contribution in [0.15, 0.2) is 36.5 Å². The fraction of sp³-hybridized carbons (Fsp3) is 0.400. The number of nitrogens with zero attached hydrogens (tertiary/aromatic N) is 2. The minimum Gasteiger partial charge on any atom is -0.497 e. The van der Waals surface area contributed by atoms with Gasteiger partial charge in [-0.05, 0) is 49.7 Å². The Morgan fingerprint density at radius 1 is 1.37 bits per heavy atom. The van der Waals surface area contributed by atoms with Crippen LogP contribution in [-0.4, -0.2) is 40.9 Å². The number of rotatable bonds is 6. The molecule has 2 aromatic heterocycles. The highest BCUT2D eigenvalue weighted by Gasteiger charge is 2.19. The van der Waals surface area contributed by atoms with Crippen molar-refractivity contribution < 1.29 is 9.53 Å². The van der Waals surface area contributed by atoms with Crippen molar-refractivity contribution in [3.05, 3.63) is 47.9 Å². The fourth-order valence-electron chi connectivity index (χ4n) is 3.70. The monoisotopic (exact) mass is 367 g/mol. The van der Waals surface area contributed by atoms with Crippen molar-refractivity contribution in [2.75, 3.05) is 20.2 Å². The summed E-state index contributed by atoms with van der Waals surface area (Å²) in [5.41, 5.74) is 3.12. The largest absolute Gasteiger partial charge is 0.497 e. The number of nitrogens with one attached hydrogen (secondary N) is 3. The van der Waals surface area contributed by atoms with Crippen molar-refractivity contribution in [1.29, 1.82) is 0 Å². The van der Waals surface area contributed by atoms with Gasteiger partial charge in [0.25, 0.3) is 0 Å². The topological polar surface area (TPSA) is 84.0 Å². The number of aromatic amines is 1. The second kappa shape index (κ2) is 7.84. The molecule has 142 valence electrons. The molecule has 0 spiro atoms. The second-order valence-corrected chi connectivity index (χ2v) is 6.98. The van der Waals surface area contributed by atoms with Gasteiger partial charge in [-0.15, -0.1) is 0 Å². The average Bonchev–Trinajstić information content (AvgIpc) is 3.32. The summed E-state index contributed by atoms with van der Waals surface area (Å²) >= 11 is 0. The summed E-state index contributed by atoms with van der Waals surface area (Å²) in [6, 6.07) is 9.93. The third-order valence-electron chi connectivity index (χ3n) is 5.12. The minimum absolute atomic E-state index is 0.0417. The number of aromatic nitrogens is 3. The molecule has 1 aromatic carbocycles. The number of carbonyl (C=O) groups excluding carboxylic acids is 1. The Hall–Kier alpha value is -2.80. The number of ether oxygens (including phenoxy) is 1. The van der Waals surface area contributed by atoms with Crippen LogP contribution in [0, 0.1) is 0 Å². The van der Waals surface area contributed by atoms with Gasteiger partial charge in [-0.25, -0.2) is 0 Å². The maximum absolute atomic E-state index is 12.4. The molecule has 1 amide bonds. The van der Waals surface area contributed by atoms with E-state index in [1.807, 2.05) is 35.0 Å². The number of hydrogen-bond donors (Lipinski definition) is 3. The van der Waals surface area contributed by atoms with E-state index in [9.17, 15) is 4.79 Å². The second-order valence-electron chi connectivity index (χ2n) is 6.98. The molecule has 0 radical (unpaired) electrons. The van der Waals surface area contributed by atoms with Crippen LogP contribution in [0.2, 0.25) is 0 Å². The molecule has 1 aliphatic rings. The molecule has 1 atom stereocenters. The van der Waals surface area contributed by atoms with E-state index in [2.05, 4.69) is 20.7 Å². The number of fused-ring (bicyclic) bond motifs is 1. The third kappa shape index (κ3) is 3.98. The Morgan fingerprint density at radius 2 is 2.30 bits per heavy atom. The molecule has 3 heterocycles. The molecule has 0 aliphatic carbocycles. The van der Waals surface area contributed by atoms with Gasteiger partial charge in [-0.3, -0.25) is 9.48 Å². The van der Waals surface area contributed by atoms with E-state index in [1.165, 1.54) is 0 Å². The van der Waals surface area contributed by atoms with Gasteiger partial charge in [0.05, 0.1) is 13.7 Å². The van der Waals surface area contributed by atoms with Gasteiger partial charge >= 0.3 is 0 Å². The molecule has 1 saturated heterocycles. The van der Waals surface area contributed by atoms with Gasteiger partial charge in [0.2, 0.25) is 5.91 Å². The quantitative estimate of drug-likeness (QED) is 0.623. The van der Waals surface area contributed by atoms with Gasteiger partial charge in [0, 0.05) is 41.0 Å². The maximum atomic E-state index is 12.4. The first-order valence-electron chi connectivity index (χ1n) is 9.37. The number of benzene rings is 1. The highest BCUT2D eigenvalue weighted by molar-refractivity contribution is 5.82. The number of amides is 1. The molecular formula is C20H25N5O2. The molecule has 3 N–H and O–H groups in total. The van der Waals surface area contributed by atoms with Crippen LogP contribution in [0.3, 0.4) is 0 Å². The Morgan fingerprint density at radius 3 is 3.11 bits per heavy atom. The van der Waals surface area contributed by atoms with Crippen LogP contribution in [0.25, 0.3) is 10.9 Å². The van der Waals surface area contributed by atoms with Crippen LogP contribution in [0.5, 0.6) is 5.75 Å². The van der Waals surface area contributed by atoms with Crippen LogP contribution >= 0.6 is 0 Å². The van der Waals surface area contributed by atoms with Crippen molar-refractivity contribution in [3.8, 4) is 5.75 Å². The molecule has 7 heteroatoms. The summed E-state index contributed by atoms with van der Waals surface area (Å²) in [7, 11) is 1.65. The predicted octanol–water partition coefficient (Wildman–Crippen LogP) is 2.16. The van der Waals surface area contributed by atoms with Crippen molar-refractivity contribution in [2.24, 2.45) is 0 Å². The van der Waals surface area contributed by atoms with Crippen molar-refractivity contribution in [2.45, 2.75) is 31.8 Å². The Bertz CT molecular complexity index is 923. The molecule has 1 aliphatic heterocycles. The van der Waals surface area contributed by atoms with Crippen LogP contribution in [0.1, 0.15) is 30.1 Å². The molecular weight excluding hydrogens is 342 g/mol. The zero-order valence-electron chi connectivity index (χ0n) is 15.5. The molecule has 0 unspecified atom stereocenters. The normalized spacial score (nSPS) is 17.1. The lowest BCUT2D eigenvalue weighted by atomic mass is 9.96. The van der Waals surface area contributed by atoms with Gasteiger partial charge in [0.15, 0.2) is 0 Å². The smallest absolute Gasteiger partial charge is 0.242 e. The Labute approximate surface area is 158 Å². The summed E-state index contributed by atoms with van der Waals surface area (Å²) in [5.74, 6) is 1.21. The Balaban J connectivity index is 1.37. The maximum Gasteiger partial charge on any atom is 0.242 e. The first-order chi connectivity index (χ1) is 13.2. The van der Waals surface area contributed by atoms with E-state index in [4.69, 9.17) is 4.74 Å². The number of carbonyl (C=O) groups is 1. The minimum atomic E-state index is -0.0417. The van der Waals surface area contributed by atoms with E-state index in [0.29, 0.717) is 12.5 Å². The summed E-state index contributed by atoms with van der Waals surface area (Å²) in [5, 5.41) is 11.8. The molecule has 1 fully saturated rings. The summed E-state index contributed by atoms with van der Waals surface area (Å²) in [6.45, 7) is 2.72. The lowest BCUT2D eigenvalue weighted by Gasteiger charge is -2.23. The molecule has 7 nitrogen and oxygen atoms in total. The summed E-state index contributed by atoms with van der Waals surface area (Å²) in [4.78, 5) is 15.7. The van der Waals surface area contributed by atoms with Gasteiger partial charge in [-0.2, -0.15) is 5.10 Å². The van der Waals surface area contributed by atoms with Crippen LogP contribution in [0.4, 0.5) is 0 Å². The fourth-order valence-corrected chi connectivity index (χ4v) is 3.70. The SMILES string of the molecule is COc1ccc2[nH]c(CNC(=O)Cn3nccc3[C@H]3CCCNC3)cc2c1. The first kappa shape index (κ1) is 17.6. The zero-order valence-corrected chi connectivity index (χ0v) is 15.5. The number of hydrogen-bond acceptors (Lipinski definition) is 4. The van der Waals surface area contributed by atoms with Crippen LogP contribution < -0.4 is 15.4 Å². The van der Waals surface area contributed by atoms with E-state index in [1.54, 1.807) is 13.3 Å². The first-order valence-corrected chi connectivity index (χ1v) is 9.37. The molecule has 0 saturated carbocycles. The van der Waals surface area contributed by atoms with Gasteiger partial charge in [0.1, 0.15) is 12.3 Å². The number of methoxy groups -OCH3 is 1. The third-order valence-corrected chi connectivity index (χ3v) is 5.12. The van der Waals surface area contributed by atoms with Gasteiger partial charge in [-0.1, -0.05) is 0 Å². The molecule has 0 bridgehead atoms. The van der Waals surface area contributed by atoms with Gasteiger partial charge < -0.3 is 20.4 Å². The molecule has 4 rings (SSSR count). The highest BCUT2D eigenvalue weighted by Crippen LogP contribution is 2.23. The van der Waals surface area contributed by atoms with Crippen molar-refractivity contribution in [1.82, 2.24) is 25.4 Å². The average molecular weight is 367 g/mol. The van der Waals surface area contributed by atoms with E-state index < -0.39 is 0 Å². The molecule has 3 aromatic rings. The van der Waals surface area contributed by atoms with E-state index in [-0.39, 0.29) is 12.5 Å². The molecule has 27 heavy (non-hydrogen) atoms. The predicted molar refractivity (Wildman–Crippen MR) is 104 cm³/mol. The summed E-state index contributed by atoms with van der Waals surface area (Å²) < 4.78 is 7.07. The Kier molecular flexibility index (Phi) is 5.11. The lowest BCUT2D eigenvalue weighted by molar-refractivity contribution is -0.122. The van der Waals surface area contributed by atoms with Crippen LogP contribution in [-0.2, 0) is 17.9 Å². The summed E-state index contributed by atoms with van der Waals surface area (Å²) in [6.07, 6.45) is 4.08. The van der Waals surface area contributed by atoms with E-state index in [0.717, 1.165) is 54.0 Å². The van der Waals surface area contributed by atoms with Crippen molar-refractivity contribution >= 4 is 16.8 Å². The van der Waals surface area contributed by atoms with Crippen molar-refractivity contribution in [3.63, 3.8) is 0 Å². The zero-order chi connectivity index (χ0) is 18.6. The lowest BCUT2D eigenvalue weighted by Crippen LogP contribution is -2.32. The standard InChI is InChI=1S/C20H25N5O2/c1-27-17-4-5-18-15(10-17)9-16(24-18)12-22-20(26)13-25-19(6-8-23-25)14-3-2-7-21-11-14/h4-6,8-10,14,21,24H,2-3,7,11-13H2,1H3,(H,22,26)/t14-/m0/s1. The number of piperidine rings is 1. The number of H-pyrrole nitrogens is 1. The van der Waals surface area contributed by atoms with E-state index >= 15 is 0 Å².